The average Bonchev–Trinajstić information content (AvgIpc) is 2.83. The highest BCUT2D eigenvalue weighted by Crippen LogP contribution is 2.24. The minimum Gasteiger partial charge on any atom is -0.398 e. The lowest BCUT2D eigenvalue weighted by Gasteiger charge is -2.07. The summed E-state index contributed by atoms with van der Waals surface area (Å²) in [6.07, 6.45) is 0.984. The smallest absolute Gasteiger partial charge is 0.273 e. The lowest BCUT2D eigenvalue weighted by molar-refractivity contribution is -0.384. The van der Waals surface area contributed by atoms with Gasteiger partial charge in [0, 0.05) is 34.9 Å². The van der Waals surface area contributed by atoms with Crippen LogP contribution in [0.25, 0.3) is 0 Å². The van der Waals surface area contributed by atoms with Crippen LogP contribution in [0.15, 0.2) is 29.6 Å². The zero-order valence-electron chi connectivity index (χ0n) is 10.6. The van der Waals surface area contributed by atoms with E-state index in [0.717, 1.165) is 6.42 Å². The van der Waals surface area contributed by atoms with Gasteiger partial charge in [0.05, 0.1) is 4.92 Å². The maximum absolute atomic E-state index is 10.8. The fourth-order valence-corrected chi connectivity index (χ4v) is 2.78. The van der Waals surface area contributed by atoms with Crippen molar-refractivity contribution < 1.29 is 4.92 Å². The second-order valence-electron chi connectivity index (χ2n) is 4.15. The van der Waals surface area contributed by atoms with E-state index in [1.807, 2.05) is 0 Å². The summed E-state index contributed by atoms with van der Waals surface area (Å²) in [4.78, 5) is 11.6. The fraction of sp³-hybridized carbons (Fsp3) is 0.231. The molecule has 1 aromatic carbocycles. The van der Waals surface area contributed by atoms with Gasteiger partial charge in [-0.2, -0.15) is 0 Å². The Balaban J connectivity index is 2.13. The first-order chi connectivity index (χ1) is 9.10. The lowest BCUT2D eigenvalue weighted by Crippen LogP contribution is -2.01. The van der Waals surface area contributed by atoms with Gasteiger partial charge >= 0.3 is 0 Å². The van der Waals surface area contributed by atoms with Crippen LogP contribution in [-0.4, -0.2) is 4.92 Å². The number of hydrogen-bond acceptors (Lipinski definition) is 5. The second kappa shape index (κ2) is 5.71. The molecule has 0 unspecified atom stereocenters. The zero-order valence-corrected chi connectivity index (χ0v) is 11.4. The van der Waals surface area contributed by atoms with E-state index in [2.05, 4.69) is 23.7 Å². The molecule has 0 saturated heterocycles. The van der Waals surface area contributed by atoms with Crippen LogP contribution in [0.2, 0.25) is 0 Å². The minimum absolute atomic E-state index is 0.00407. The molecule has 1 heterocycles. The highest BCUT2D eigenvalue weighted by Gasteiger charge is 2.09. The van der Waals surface area contributed by atoms with Crippen molar-refractivity contribution in [1.29, 1.82) is 0 Å². The number of anilines is 2. The predicted molar refractivity (Wildman–Crippen MR) is 78.5 cm³/mol. The van der Waals surface area contributed by atoms with Gasteiger partial charge in [-0.1, -0.05) is 6.92 Å². The van der Waals surface area contributed by atoms with Crippen molar-refractivity contribution in [3.8, 4) is 0 Å². The predicted octanol–water partition coefficient (Wildman–Crippen LogP) is 3.41. The molecule has 0 saturated carbocycles. The SMILES string of the molecule is CCc1ccsc1CNc1cc(N)cc([N+](=O)[O-])c1. The normalized spacial score (nSPS) is 10.4. The van der Waals surface area contributed by atoms with Gasteiger partial charge in [-0.25, -0.2) is 0 Å². The average molecular weight is 277 g/mol. The van der Waals surface area contributed by atoms with Gasteiger partial charge in [0.1, 0.15) is 0 Å². The number of benzene rings is 1. The van der Waals surface area contributed by atoms with E-state index in [4.69, 9.17) is 5.73 Å². The summed E-state index contributed by atoms with van der Waals surface area (Å²) in [5.74, 6) is 0. The monoisotopic (exact) mass is 277 g/mol. The Labute approximate surface area is 115 Å². The largest absolute Gasteiger partial charge is 0.398 e. The number of nitrogens with one attached hydrogen (secondary N) is 1. The van der Waals surface area contributed by atoms with E-state index in [9.17, 15) is 10.1 Å². The van der Waals surface area contributed by atoms with Gasteiger partial charge in [-0.3, -0.25) is 10.1 Å². The molecule has 100 valence electrons. The van der Waals surface area contributed by atoms with Crippen molar-refractivity contribution in [2.45, 2.75) is 19.9 Å². The van der Waals surface area contributed by atoms with Crippen LogP contribution in [-0.2, 0) is 13.0 Å². The van der Waals surface area contributed by atoms with E-state index in [-0.39, 0.29) is 5.69 Å². The summed E-state index contributed by atoms with van der Waals surface area (Å²) >= 11 is 1.68. The van der Waals surface area contributed by atoms with Gasteiger partial charge in [0.15, 0.2) is 0 Å². The van der Waals surface area contributed by atoms with Gasteiger partial charge in [-0.05, 0) is 29.5 Å². The maximum Gasteiger partial charge on any atom is 0.273 e. The number of hydrogen-bond donors (Lipinski definition) is 2. The molecule has 3 N–H and O–H groups in total. The lowest BCUT2D eigenvalue weighted by atomic mass is 10.2. The topological polar surface area (TPSA) is 81.2 Å². The molecular weight excluding hydrogens is 262 g/mol. The van der Waals surface area contributed by atoms with E-state index in [1.165, 1.54) is 22.6 Å². The summed E-state index contributed by atoms with van der Waals surface area (Å²) in [6.45, 7) is 2.76. The van der Waals surface area contributed by atoms with Gasteiger partial charge in [-0.15, -0.1) is 11.3 Å². The van der Waals surface area contributed by atoms with Crippen molar-refractivity contribution in [3.05, 3.63) is 50.2 Å². The summed E-state index contributed by atoms with van der Waals surface area (Å²) < 4.78 is 0. The number of rotatable bonds is 5. The molecule has 5 nitrogen and oxygen atoms in total. The van der Waals surface area contributed by atoms with Gasteiger partial charge in [0.25, 0.3) is 5.69 Å². The molecule has 6 heteroatoms. The summed E-state index contributed by atoms with van der Waals surface area (Å²) in [6, 6.07) is 6.65. The standard InChI is InChI=1S/C13H15N3O2S/c1-2-9-3-4-19-13(9)8-15-11-5-10(14)6-12(7-11)16(17)18/h3-7,15H,2,8,14H2,1H3. The van der Waals surface area contributed by atoms with Crippen molar-refractivity contribution in [2.75, 3.05) is 11.1 Å². The number of nitro groups is 1. The molecule has 0 amide bonds. The third kappa shape index (κ3) is 3.23. The second-order valence-corrected chi connectivity index (χ2v) is 5.15. The zero-order chi connectivity index (χ0) is 13.8. The number of non-ortho nitro benzene ring substituents is 1. The molecule has 19 heavy (non-hydrogen) atoms. The first kappa shape index (κ1) is 13.4. The van der Waals surface area contributed by atoms with Crippen LogP contribution in [0.4, 0.5) is 17.1 Å². The fourth-order valence-electron chi connectivity index (χ4n) is 1.86. The van der Waals surface area contributed by atoms with Crippen LogP contribution < -0.4 is 11.1 Å². The molecule has 2 aromatic rings. The summed E-state index contributed by atoms with van der Waals surface area (Å²) in [5, 5.41) is 16.0. The third-order valence-electron chi connectivity index (χ3n) is 2.82. The van der Waals surface area contributed by atoms with Gasteiger partial charge < -0.3 is 11.1 Å². The quantitative estimate of drug-likeness (QED) is 0.498. The number of nitro benzene ring substituents is 1. The van der Waals surface area contributed by atoms with Crippen molar-refractivity contribution >= 4 is 28.4 Å². The molecule has 2 rings (SSSR count). The minimum atomic E-state index is -0.440. The maximum atomic E-state index is 10.8. The number of nitrogen functional groups attached to an aromatic ring is 1. The third-order valence-corrected chi connectivity index (χ3v) is 3.79. The molecule has 0 fully saturated rings. The van der Waals surface area contributed by atoms with Crippen molar-refractivity contribution in [2.24, 2.45) is 0 Å². The van der Waals surface area contributed by atoms with Crippen LogP contribution in [0.5, 0.6) is 0 Å². The van der Waals surface area contributed by atoms with E-state index >= 15 is 0 Å². The summed E-state index contributed by atoms with van der Waals surface area (Å²) in [5.41, 5.74) is 8.02. The van der Waals surface area contributed by atoms with E-state index in [0.29, 0.717) is 17.9 Å². The van der Waals surface area contributed by atoms with Crippen molar-refractivity contribution in [1.82, 2.24) is 0 Å². The van der Waals surface area contributed by atoms with E-state index < -0.39 is 4.92 Å². The molecule has 0 spiro atoms. The highest BCUT2D eigenvalue weighted by molar-refractivity contribution is 7.10. The van der Waals surface area contributed by atoms with Crippen LogP contribution >= 0.6 is 11.3 Å². The first-order valence-electron chi connectivity index (χ1n) is 5.94. The molecule has 0 aliphatic carbocycles. The van der Waals surface area contributed by atoms with Gasteiger partial charge in [0.2, 0.25) is 0 Å². The number of nitrogens with two attached hydrogens (primary N) is 1. The van der Waals surface area contributed by atoms with Crippen molar-refractivity contribution in [3.63, 3.8) is 0 Å². The number of thiophene rings is 1. The molecule has 0 aliphatic rings. The molecule has 0 bridgehead atoms. The Morgan fingerprint density at radius 2 is 2.21 bits per heavy atom. The Hall–Kier alpha value is -2.08. The molecule has 0 atom stereocenters. The van der Waals surface area contributed by atoms with Crippen LogP contribution in [0.3, 0.4) is 0 Å². The summed E-state index contributed by atoms with van der Waals surface area (Å²) in [7, 11) is 0. The molecular formula is C13H15N3O2S. The molecule has 1 aromatic heterocycles. The highest BCUT2D eigenvalue weighted by atomic mass is 32.1. The molecule has 0 radical (unpaired) electrons. The Morgan fingerprint density at radius 1 is 1.42 bits per heavy atom. The van der Waals surface area contributed by atoms with E-state index in [1.54, 1.807) is 17.4 Å². The Kier molecular flexibility index (Phi) is 4.01. The van der Waals surface area contributed by atoms with Crippen LogP contribution in [0.1, 0.15) is 17.4 Å². The first-order valence-corrected chi connectivity index (χ1v) is 6.82. The van der Waals surface area contributed by atoms with Crippen LogP contribution in [0, 0.1) is 10.1 Å². The number of nitrogens with zero attached hydrogens (tertiary/aromatic N) is 1. The Morgan fingerprint density at radius 3 is 2.89 bits per heavy atom. The molecule has 0 aliphatic heterocycles. The Bertz CT molecular complexity index is 595. The number of aryl methyl sites for hydroxylation is 1.